The number of aryl methyl sites for hydroxylation is 1. The van der Waals surface area contributed by atoms with Crippen molar-refractivity contribution in [2.45, 2.75) is 13.8 Å². The van der Waals surface area contributed by atoms with Crippen molar-refractivity contribution in [3.05, 3.63) is 82.4 Å². The Morgan fingerprint density at radius 3 is 2.14 bits per heavy atom. The molecular weight excluding hydrogens is 370 g/mol. The Balaban J connectivity index is 1.57. The lowest BCUT2D eigenvalue weighted by molar-refractivity contribution is -0.122. The number of allylic oxidation sites excluding steroid dienone is 4. The van der Waals surface area contributed by atoms with Gasteiger partial charge in [-0.05, 0) is 42.7 Å². The molecule has 0 unspecified atom stereocenters. The maximum atomic E-state index is 13.4. The second kappa shape index (κ2) is 6.18. The van der Waals surface area contributed by atoms with Crippen molar-refractivity contribution in [2.75, 3.05) is 4.90 Å². The number of hydrogen-bond acceptors (Lipinski definition) is 2. The van der Waals surface area contributed by atoms with Crippen LogP contribution in [0.2, 0.25) is 5.02 Å². The fourth-order valence-corrected chi connectivity index (χ4v) is 5.35. The molecule has 140 valence electrons. The molecule has 2 aromatic rings. The van der Waals surface area contributed by atoms with E-state index in [0.29, 0.717) is 10.7 Å². The molecule has 2 fully saturated rings. The van der Waals surface area contributed by atoms with E-state index in [1.807, 2.05) is 31.2 Å². The van der Waals surface area contributed by atoms with Gasteiger partial charge < -0.3 is 0 Å². The van der Waals surface area contributed by atoms with Gasteiger partial charge >= 0.3 is 0 Å². The zero-order valence-corrected chi connectivity index (χ0v) is 16.5. The number of carbonyl (C=O) groups excluding carboxylic acids is 2. The monoisotopic (exact) mass is 389 g/mol. The van der Waals surface area contributed by atoms with Gasteiger partial charge in [0.1, 0.15) is 0 Å². The van der Waals surface area contributed by atoms with Gasteiger partial charge in [0.05, 0.1) is 17.5 Å². The highest BCUT2D eigenvalue weighted by Gasteiger charge is 2.62. The first-order valence-corrected chi connectivity index (χ1v) is 9.95. The number of carbonyl (C=O) groups is 2. The van der Waals surface area contributed by atoms with Gasteiger partial charge in [0.15, 0.2) is 0 Å². The smallest absolute Gasteiger partial charge is 0.238 e. The van der Waals surface area contributed by atoms with Crippen LogP contribution in [-0.2, 0) is 9.59 Å². The quantitative estimate of drug-likeness (QED) is 0.532. The van der Waals surface area contributed by atoms with Crippen molar-refractivity contribution < 1.29 is 9.59 Å². The lowest BCUT2D eigenvalue weighted by Gasteiger charge is -2.21. The van der Waals surface area contributed by atoms with Crippen molar-refractivity contribution in [1.82, 2.24) is 0 Å². The summed E-state index contributed by atoms with van der Waals surface area (Å²) in [5.41, 5.74) is 5.05. The molecule has 2 bridgehead atoms. The van der Waals surface area contributed by atoms with Crippen LogP contribution in [0.4, 0.5) is 5.69 Å². The van der Waals surface area contributed by atoms with Gasteiger partial charge in [-0.15, -0.1) is 0 Å². The molecule has 3 aliphatic rings. The van der Waals surface area contributed by atoms with Gasteiger partial charge in [-0.1, -0.05) is 65.7 Å². The summed E-state index contributed by atoms with van der Waals surface area (Å²) >= 11 is 6.14. The lowest BCUT2D eigenvalue weighted by atomic mass is 9.85. The highest BCUT2D eigenvalue weighted by Crippen LogP contribution is 2.58. The molecule has 1 saturated carbocycles. The molecule has 2 amide bonds. The predicted octanol–water partition coefficient (Wildman–Crippen LogP) is 5.04. The van der Waals surface area contributed by atoms with E-state index in [1.54, 1.807) is 12.1 Å². The van der Waals surface area contributed by atoms with Crippen LogP contribution in [0.3, 0.4) is 0 Å². The number of imide groups is 1. The third-order valence-electron chi connectivity index (χ3n) is 6.47. The van der Waals surface area contributed by atoms with Crippen molar-refractivity contribution >= 4 is 34.7 Å². The van der Waals surface area contributed by atoms with Crippen LogP contribution >= 0.6 is 11.6 Å². The van der Waals surface area contributed by atoms with Crippen molar-refractivity contribution in [3.63, 3.8) is 0 Å². The van der Waals surface area contributed by atoms with Gasteiger partial charge in [0.2, 0.25) is 11.8 Å². The van der Waals surface area contributed by atoms with Crippen LogP contribution in [0, 0.1) is 30.6 Å². The maximum Gasteiger partial charge on any atom is 0.238 e. The SMILES string of the molecule is CC(=C1[C@H]2C=C[C@H]1[C@H]1C(=O)N(c3cc(Cl)ccc3C)C(=O)[C@H]12)c1ccccc1. The molecule has 28 heavy (non-hydrogen) atoms. The first-order chi connectivity index (χ1) is 13.5. The van der Waals surface area contributed by atoms with Crippen molar-refractivity contribution in [2.24, 2.45) is 23.7 Å². The van der Waals surface area contributed by atoms with E-state index in [0.717, 1.165) is 11.1 Å². The Morgan fingerprint density at radius 2 is 1.54 bits per heavy atom. The van der Waals surface area contributed by atoms with E-state index in [2.05, 4.69) is 31.2 Å². The molecule has 1 saturated heterocycles. The van der Waals surface area contributed by atoms with Crippen LogP contribution in [0.5, 0.6) is 0 Å². The average Bonchev–Trinajstić information content (AvgIpc) is 3.34. The van der Waals surface area contributed by atoms with Gasteiger partial charge in [-0.2, -0.15) is 0 Å². The summed E-state index contributed by atoms with van der Waals surface area (Å²) in [5.74, 6) is -0.831. The van der Waals surface area contributed by atoms with Gasteiger partial charge in [0.25, 0.3) is 0 Å². The molecule has 1 heterocycles. The summed E-state index contributed by atoms with van der Waals surface area (Å²) in [6.45, 7) is 4.00. The number of nitrogens with zero attached hydrogens (tertiary/aromatic N) is 1. The summed E-state index contributed by atoms with van der Waals surface area (Å²) in [5, 5.41) is 0.528. The zero-order valence-electron chi connectivity index (χ0n) is 15.7. The van der Waals surface area contributed by atoms with Gasteiger partial charge in [-0.25, -0.2) is 4.90 Å². The Bertz CT molecular complexity index is 1040. The summed E-state index contributed by atoms with van der Waals surface area (Å²) in [7, 11) is 0. The second-order valence-electron chi connectivity index (χ2n) is 7.88. The first-order valence-electron chi connectivity index (χ1n) is 9.57. The fourth-order valence-electron chi connectivity index (χ4n) is 5.18. The Kier molecular flexibility index (Phi) is 3.85. The van der Waals surface area contributed by atoms with Crippen molar-refractivity contribution in [1.29, 1.82) is 0 Å². The lowest BCUT2D eigenvalue weighted by Crippen LogP contribution is -2.33. The summed E-state index contributed by atoms with van der Waals surface area (Å²) in [6.07, 6.45) is 4.24. The largest absolute Gasteiger partial charge is 0.274 e. The molecular formula is C24H20ClNO2. The molecule has 2 aliphatic carbocycles. The number of benzene rings is 2. The number of hydrogen-bond donors (Lipinski definition) is 0. The molecule has 2 aromatic carbocycles. The average molecular weight is 390 g/mol. The van der Waals surface area contributed by atoms with Crippen LogP contribution in [0.15, 0.2) is 66.3 Å². The normalized spacial score (nSPS) is 29.6. The third kappa shape index (κ3) is 2.29. The predicted molar refractivity (Wildman–Crippen MR) is 111 cm³/mol. The zero-order chi connectivity index (χ0) is 19.6. The molecule has 0 aromatic heterocycles. The minimum atomic E-state index is -0.311. The van der Waals surface area contributed by atoms with E-state index in [-0.39, 0.29) is 35.5 Å². The maximum absolute atomic E-state index is 13.4. The van der Waals surface area contributed by atoms with Gasteiger partial charge in [-0.3, -0.25) is 9.59 Å². The number of amides is 2. The molecule has 3 nitrogen and oxygen atoms in total. The molecule has 1 aliphatic heterocycles. The van der Waals surface area contributed by atoms with Crippen LogP contribution in [0.1, 0.15) is 18.1 Å². The Hall–Kier alpha value is -2.65. The molecule has 0 spiro atoms. The molecule has 0 N–H and O–H groups in total. The summed E-state index contributed by atoms with van der Waals surface area (Å²) < 4.78 is 0. The number of anilines is 1. The summed E-state index contributed by atoms with van der Waals surface area (Å²) in [6, 6.07) is 15.5. The minimum absolute atomic E-state index is 0.00357. The number of rotatable bonds is 2. The fraction of sp³-hybridized carbons (Fsp3) is 0.250. The molecule has 5 rings (SSSR count). The highest BCUT2D eigenvalue weighted by atomic mass is 35.5. The topological polar surface area (TPSA) is 37.4 Å². The third-order valence-corrected chi connectivity index (χ3v) is 6.70. The molecule has 4 heteroatoms. The molecule has 4 atom stereocenters. The Labute approximate surface area is 169 Å². The van der Waals surface area contributed by atoms with Crippen LogP contribution in [-0.4, -0.2) is 11.8 Å². The van der Waals surface area contributed by atoms with Crippen LogP contribution < -0.4 is 4.90 Å². The first kappa shape index (κ1) is 17.4. The van der Waals surface area contributed by atoms with Gasteiger partial charge in [0, 0.05) is 16.9 Å². The number of fused-ring (bicyclic) bond motifs is 5. The Morgan fingerprint density at radius 1 is 0.929 bits per heavy atom. The van der Waals surface area contributed by atoms with Crippen LogP contribution in [0.25, 0.3) is 5.57 Å². The highest BCUT2D eigenvalue weighted by molar-refractivity contribution is 6.31. The van der Waals surface area contributed by atoms with E-state index in [9.17, 15) is 9.59 Å². The van der Waals surface area contributed by atoms with E-state index < -0.39 is 0 Å². The number of halogens is 1. The molecule has 0 radical (unpaired) electrons. The van der Waals surface area contributed by atoms with E-state index >= 15 is 0 Å². The summed E-state index contributed by atoms with van der Waals surface area (Å²) in [4.78, 5) is 28.1. The minimum Gasteiger partial charge on any atom is -0.274 e. The van der Waals surface area contributed by atoms with Crippen molar-refractivity contribution in [3.8, 4) is 0 Å². The van der Waals surface area contributed by atoms with E-state index in [4.69, 9.17) is 11.6 Å². The van der Waals surface area contributed by atoms with E-state index in [1.165, 1.54) is 16.0 Å². The standard InChI is InChI=1S/C24H20ClNO2/c1-13-8-9-16(25)12-19(13)26-23(27)21-17-10-11-18(22(21)24(26)28)20(17)14(2)15-6-4-3-5-7-15/h3-12,17-18,21-22H,1-2H3/t17-,18-,21-,22+/m1/s1. The second-order valence-corrected chi connectivity index (χ2v) is 8.31.